The van der Waals surface area contributed by atoms with E-state index >= 15 is 0 Å². The van der Waals surface area contributed by atoms with Crippen molar-refractivity contribution in [3.05, 3.63) is 0 Å². The van der Waals surface area contributed by atoms with Gasteiger partial charge in [0.05, 0.1) is 4.05 Å². The van der Waals surface area contributed by atoms with E-state index in [0.717, 1.165) is 16.0 Å². The summed E-state index contributed by atoms with van der Waals surface area (Å²) >= 11 is 2.48. The van der Waals surface area contributed by atoms with Crippen LogP contribution in [0, 0.1) is 5.92 Å². The molecular weight excluding hydrogens is 227 g/mol. The summed E-state index contributed by atoms with van der Waals surface area (Å²) in [6.07, 6.45) is 1.36. The first-order chi connectivity index (χ1) is 4.36. The summed E-state index contributed by atoms with van der Waals surface area (Å²) in [5.74, 6) is 0.923. The average molecular weight is 238 g/mol. The van der Waals surface area contributed by atoms with Gasteiger partial charge in [0.1, 0.15) is 0 Å². The van der Waals surface area contributed by atoms with Gasteiger partial charge in [-0.2, -0.15) is 0 Å². The van der Waals surface area contributed by atoms with Crippen LogP contribution in [0.1, 0.15) is 6.42 Å². The van der Waals surface area contributed by atoms with E-state index < -0.39 is 0 Å². The van der Waals surface area contributed by atoms with Crippen LogP contribution in [-0.4, -0.2) is 23.2 Å². The molecule has 0 bridgehead atoms. The Morgan fingerprint density at radius 2 is 2.22 bits per heavy atom. The van der Waals surface area contributed by atoms with E-state index in [4.69, 9.17) is 0 Å². The summed E-state index contributed by atoms with van der Waals surface area (Å²) in [6, 6.07) is 0.784. The van der Waals surface area contributed by atoms with Crippen LogP contribution in [-0.2, 0) is 0 Å². The maximum atomic E-state index is 3.54. The molecule has 2 aliphatic heterocycles. The fourth-order valence-electron chi connectivity index (χ4n) is 1.74. The highest BCUT2D eigenvalue weighted by atomic mass is 127. The highest BCUT2D eigenvalue weighted by molar-refractivity contribution is 14.1. The van der Waals surface area contributed by atoms with Gasteiger partial charge in [0, 0.05) is 12.6 Å². The Kier molecular flexibility index (Phi) is 1.67. The van der Waals surface area contributed by atoms with Crippen molar-refractivity contribution in [2.45, 2.75) is 16.5 Å². The third-order valence-electron chi connectivity index (χ3n) is 2.24. The van der Waals surface area contributed by atoms with E-state index in [0.29, 0.717) is 0 Å². The Labute approximate surface area is 68.9 Å². The molecule has 0 aromatic heterocycles. The third kappa shape index (κ3) is 1.10. The lowest BCUT2D eigenvalue weighted by Crippen LogP contribution is -2.30. The van der Waals surface area contributed by atoms with Crippen molar-refractivity contribution in [2.75, 3.05) is 13.1 Å². The molecule has 3 unspecified atom stereocenters. The monoisotopic (exact) mass is 238 g/mol. The van der Waals surface area contributed by atoms with Gasteiger partial charge >= 0.3 is 0 Å². The fourth-order valence-corrected chi connectivity index (χ4v) is 2.86. The second-order valence-corrected chi connectivity index (χ2v) is 4.40. The zero-order valence-electron chi connectivity index (χ0n) is 5.23. The highest BCUT2D eigenvalue weighted by Gasteiger charge is 2.35. The van der Waals surface area contributed by atoms with Crippen molar-refractivity contribution >= 4 is 22.6 Å². The molecule has 0 aromatic carbocycles. The summed E-state index contributed by atoms with van der Waals surface area (Å²) in [6.45, 7) is 2.42. The molecule has 3 heteroatoms. The predicted octanol–water partition coefficient (Wildman–Crippen LogP) is 0.329. The van der Waals surface area contributed by atoms with Gasteiger partial charge in [-0.05, 0) is 18.9 Å². The standard InChI is InChI=1S/C6H11IN2/c7-6-1-4-2-8-3-5(4)9-6/h4-6,8-9H,1-3H2. The van der Waals surface area contributed by atoms with Crippen LogP contribution in [0.25, 0.3) is 0 Å². The zero-order chi connectivity index (χ0) is 6.27. The van der Waals surface area contributed by atoms with Crippen LogP contribution in [0.4, 0.5) is 0 Å². The molecule has 0 amide bonds. The lowest BCUT2D eigenvalue weighted by atomic mass is 10.1. The molecule has 0 spiro atoms. The molecule has 2 fully saturated rings. The second kappa shape index (κ2) is 2.36. The number of halogens is 1. The molecule has 2 rings (SSSR count). The molecular formula is C6H11IN2. The fraction of sp³-hybridized carbons (Fsp3) is 1.00. The van der Waals surface area contributed by atoms with Crippen LogP contribution in [0.15, 0.2) is 0 Å². The van der Waals surface area contributed by atoms with Crippen molar-refractivity contribution < 1.29 is 0 Å². The minimum atomic E-state index is 0.736. The summed E-state index contributed by atoms with van der Waals surface area (Å²) in [7, 11) is 0. The summed E-state index contributed by atoms with van der Waals surface area (Å²) in [5, 5.41) is 6.92. The van der Waals surface area contributed by atoms with Crippen molar-refractivity contribution in [3.63, 3.8) is 0 Å². The molecule has 0 radical (unpaired) electrons. The molecule has 0 saturated carbocycles. The maximum Gasteiger partial charge on any atom is 0.0600 e. The van der Waals surface area contributed by atoms with Gasteiger partial charge in [-0.25, -0.2) is 0 Å². The van der Waals surface area contributed by atoms with E-state index in [1.165, 1.54) is 19.5 Å². The number of rotatable bonds is 0. The normalized spacial score (nSPS) is 49.7. The second-order valence-electron chi connectivity index (χ2n) is 2.89. The van der Waals surface area contributed by atoms with E-state index in [1.54, 1.807) is 0 Å². The smallest absolute Gasteiger partial charge is 0.0600 e. The zero-order valence-corrected chi connectivity index (χ0v) is 7.39. The molecule has 2 nitrogen and oxygen atoms in total. The van der Waals surface area contributed by atoms with Crippen LogP contribution in [0.5, 0.6) is 0 Å². The van der Waals surface area contributed by atoms with E-state index in [1.807, 2.05) is 0 Å². The van der Waals surface area contributed by atoms with E-state index in [-0.39, 0.29) is 0 Å². The third-order valence-corrected chi connectivity index (χ3v) is 3.11. The van der Waals surface area contributed by atoms with Gasteiger partial charge in [-0.15, -0.1) is 0 Å². The minimum absolute atomic E-state index is 0.736. The van der Waals surface area contributed by atoms with E-state index in [2.05, 4.69) is 33.2 Å². The van der Waals surface area contributed by atoms with Crippen LogP contribution < -0.4 is 10.6 Å². The first-order valence-electron chi connectivity index (χ1n) is 3.47. The Bertz CT molecular complexity index is 106. The Morgan fingerprint density at radius 1 is 1.33 bits per heavy atom. The number of fused-ring (bicyclic) bond motifs is 1. The summed E-state index contributed by atoms with van der Waals surface area (Å²) < 4.78 is 0.736. The van der Waals surface area contributed by atoms with Crippen molar-refractivity contribution in [1.82, 2.24) is 10.6 Å². The molecule has 0 aromatic rings. The molecule has 2 saturated heterocycles. The summed E-state index contributed by atoms with van der Waals surface area (Å²) in [4.78, 5) is 0. The first-order valence-corrected chi connectivity index (χ1v) is 4.71. The van der Waals surface area contributed by atoms with Gasteiger partial charge in [-0.1, -0.05) is 22.6 Å². The van der Waals surface area contributed by atoms with Gasteiger partial charge in [0.2, 0.25) is 0 Å². The average Bonchev–Trinajstić information content (AvgIpc) is 2.22. The molecule has 2 N–H and O–H groups in total. The van der Waals surface area contributed by atoms with Gasteiger partial charge in [-0.3, -0.25) is 0 Å². The number of nitrogens with one attached hydrogen (secondary N) is 2. The largest absolute Gasteiger partial charge is 0.315 e. The molecule has 3 atom stereocenters. The lowest BCUT2D eigenvalue weighted by molar-refractivity contribution is 0.555. The summed E-state index contributed by atoms with van der Waals surface area (Å²) in [5.41, 5.74) is 0. The van der Waals surface area contributed by atoms with Gasteiger partial charge < -0.3 is 10.6 Å². The molecule has 0 aliphatic carbocycles. The van der Waals surface area contributed by atoms with Crippen molar-refractivity contribution in [2.24, 2.45) is 5.92 Å². The SMILES string of the molecule is IC1CC2CNCC2N1. The lowest BCUT2D eigenvalue weighted by Gasteiger charge is -2.05. The molecule has 52 valence electrons. The Hall–Kier alpha value is 0.650. The quantitative estimate of drug-likeness (QED) is 0.361. The number of hydrogen-bond acceptors (Lipinski definition) is 2. The van der Waals surface area contributed by atoms with Crippen LogP contribution in [0.2, 0.25) is 0 Å². The number of hydrogen-bond donors (Lipinski definition) is 2. The Balaban J connectivity index is 2.02. The van der Waals surface area contributed by atoms with Crippen LogP contribution in [0.3, 0.4) is 0 Å². The molecule has 9 heavy (non-hydrogen) atoms. The number of alkyl halides is 1. The predicted molar refractivity (Wildman–Crippen MR) is 45.7 cm³/mol. The molecule has 2 heterocycles. The van der Waals surface area contributed by atoms with Crippen LogP contribution >= 0.6 is 22.6 Å². The topological polar surface area (TPSA) is 24.1 Å². The highest BCUT2D eigenvalue weighted by Crippen LogP contribution is 2.26. The van der Waals surface area contributed by atoms with Gasteiger partial charge in [0.25, 0.3) is 0 Å². The van der Waals surface area contributed by atoms with Crippen molar-refractivity contribution in [1.29, 1.82) is 0 Å². The Morgan fingerprint density at radius 3 is 3.00 bits per heavy atom. The van der Waals surface area contributed by atoms with Gasteiger partial charge in [0.15, 0.2) is 0 Å². The minimum Gasteiger partial charge on any atom is -0.315 e. The maximum absolute atomic E-state index is 3.54. The van der Waals surface area contributed by atoms with Crippen molar-refractivity contribution in [3.8, 4) is 0 Å². The first kappa shape index (κ1) is 6.37. The van der Waals surface area contributed by atoms with E-state index in [9.17, 15) is 0 Å². The molecule has 2 aliphatic rings.